The number of hydrogen-bond donors (Lipinski definition) is 1. The molecule has 8 heteroatoms. The summed E-state index contributed by atoms with van der Waals surface area (Å²) in [6, 6.07) is 15.5. The van der Waals surface area contributed by atoms with E-state index in [-0.39, 0.29) is 18.4 Å². The average molecular weight is 451 g/mol. The molecular weight excluding hydrogens is 420 g/mol. The molecule has 2 aromatic rings. The summed E-state index contributed by atoms with van der Waals surface area (Å²) in [6.45, 7) is 5.17. The summed E-state index contributed by atoms with van der Waals surface area (Å²) in [4.78, 5) is 31.6. The largest absolute Gasteiger partial charge is 0.485 e. The van der Waals surface area contributed by atoms with E-state index in [2.05, 4.69) is 27.2 Å². The molecule has 0 unspecified atom stereocenters. The van der Waals surface area contributed by atoms with Gasteiger partial charge in [0.15, 0.2) is 11.5 Å². The quantitative estimate of drug-likeness (QED) is 0.753. The predicted octanol–water partition coefficient (Wildman–Crippen LogP) is 2.21. The van der Waals surface area contributed by atoms with Crippen molar-refractivity contribution in [3.8, 4) is 11.5 Å². The van der Waals surface area contributed by atoms with Crippen molar-refractivity contribution < 1.29 is 19.1 Å². The number of amides is 2. The zero-order valence-electron chi connectivity index (χ0n) is 18.7. The molecule has 0 saturated carbocycles. The van der Waals surface area contributed by atoms with Gasteiger partial charge in [-0.05, 0) is 49.2 Å². The lowest BCUT2D eigenvalue weighted by Gasteiger charge is -2.36. The van der Waals surface area contributed by atoms with Gasteiger partial charge in [0, 0.05) is 50.6 Å². The number of hydrogen-bond acceptors (Lipinski definition) is 6. The molecule has 3 aliphatic rings. The minimum Gasteiger partial charge on any atom is -0.485 e. The molecule has 1 atom stereocenters. The van der Waals surface area contributed by atoms with E-state index < -0.39 is 6.10 Å². The highest BCUT2D eigenvalue weighted by atomic mass is 16.6. The van der Waals surface area contributed by atoms with Crippen molar-refractivity contribution >= 4 is 23.2 Å². The maximum absolute atomic E-state index is 12.9. The fraction of sp³-hybridized carbons (Fsp3) is 0.440. The summed E-state index contributed by atoms with van der Waals surface area (Å²) < 4.78 is 11.5. The summed E-state index contributed by atoms with van der Waals surface area (Å²) >= 11 is 0. The van der Waals surface area contributed by atoms with E-state index in [1.165, 1.54) is 18.5 Å². The standard InChI is InChI=1S/C25H30N4O4/c30-24(26-19-7-9-20(10-8-19)28-11-3-4-12-28)17-27-13-15-29(16-14-27)25(31)23-18-32-21-5-1-2-6-22(21)33-23/h1-2,5-10,23H,3-4,11-18H2,(H,26,30)/t23-/m1/s1. The van der Waals surface area contributed by atoms with Crippen LogP contribution in [0.2, 0.25) is 0 Å². The number of fused-ring (bicyclic) bond motifs is 1. The van der Waals surface area contributed by atoms with Gasteiger partial charge in [0.25, 0.3) is 5.91 Å². The lowest BCUT2D eigenvalue weighted by molar-refractivity contribution is -0.143. The van der Waals surface area contributed by atoms with E-state index in [0.29, 0.717) is 44.2 Å². The fourth-order valence-corrected chi connectivity index (χ4v) is 4.61. The van der Waals surface area contributed by atoms with Crippen molar-refractivity contribution in [1.29, 1.82) is 0 Å². The van der Waals surface area contributed by atoms with Gasteiger partial charge >= 0.3 is 0 Å². The van der Waals surface area contributed by atoms with Crippen LogP contribution in [0.4, 0.5) is 11.4 Å². The first-order valence-electron chi connectivity index (χ1n) is 11.7. The van der Waals surface area contributed by atoms with Crippen molar-refractivity contribution in [3.63, 3.8) is 0 Å². The lowest BCUT2D eigenvalue weighted by atomic mass is 10.2. The minimum absolute atomic E-state index is 0.0377. The molecule has 0 spiro atoms. The SMILES string of the molecule is O=C(CN1CCN(C(=O)[C@H]2COc3ccccc3O2)CC1)Nc1ccc(N2CCCC2)cc1. The Morgan fingerprint density at radius 2 is 1.58 bits per heavy atom. The molecule has 2 saturated heterocycles. The molecule has 0 aromatic heterocycles. The Morgan fingerprint density at radius 1 is 0.879 bits per heavy atom. The number of benzene rings is 2. The van der Waals surface area contributed by atoms with Crippen molar-refractivity contribution in [1.82, 2.24) is 9.80 Å². The molecule has 1 N–H and O–H groups in total. The van der Waals surface area contributed by atoms with Gasteiger partial charge in [-0.25, -0.2) is 0 Å². The predicted molar refractivity (Wildman–Crippen MR) is 126 cm³/mol. The van der Waals surface area contributed by atoms with Gasteiger partial charge in [-0.15, -0.1) is 0 Å². The molecule has 0 aliphatic carbocycles. The summed E-state index contributed by atoms with van der Waals surface area (Å²) in [5.41, 5.74) is 2.02. The van der Waals surface area contributed by atoms with Crippen molar-refractivity contribution in [2.75, 3.05) is 62.6 Å². The first-order chi connectivity index (χ1) is 16.2. The summed E-state index contributed by atoms with van der Waals surface area (Å²) in [5, 5.41) is 2.99. The van der Waals surface area contributed by atoms with Gasteiger partial charge < -0.3 is 24.6 Å². The van der Waals surface area contributed by atoms with E-state index in [1.807, 2.05) is 36.4 Å². The molecule has 3 heterocycles. The molecule has 3 aliphatic heterocycles. The Bertz CT molecular complexity index is 982. The molecule has 2 aromatic carbocycles. The molecule has 174 valence electrons. The Labute approximate surface area is 194 Å². The van der Waals surface area contributed by atoms with E-state index >= 15 is 0 Å². The number of nitrogens with zero attached hydrogens (tertiary/aromatic N) is 3. The number of ether oxygens (including phenoxy) is 2. The smallest absolute Gasteiger partial charge is 0.267 e. The minimum atomic E-state index is -0.627. The molecule has 0 bridgehead atoms. The van der Waals surface area contributed by atoms with Crippen LogP contribution in [-0.2, 0) is 9.59 Å². The Morgan fingerprint density at radius 3 is 2.30 bits per heavy atom. The molecular formula is C25H30N4O4. The summed E-state index contributed by atoms with van der Waals surface area (Å²) in [7, 11) is 0. The number of para-hydroxylation sites is 2. The second kappa shape index (κ2) is 9.70. The van der Waals surface area contributed by atoms with E-state index in [1.54, 1.807) is 4.90 Å². The highest BCUT2D eigenvalue weighted by Gasteiger charge is 2.32. The molecule has 0 radical (unpaired) electrons. The van der Waals surface area contributed by atoms with E-state index in [4.69, 9.17) is 9.47 Å². The van der Waals surface area contributed by atoms with Gasteiger partial charge in [-0.2, -0.15) is 0 Å². The van der Waals surface area contributed by atoms with E-state index in [9.17, 15) is 9.59 Å². The number of carbonyl (C=O) groups excluding carboxylic acids is 2. The molecule has 8 nitrogen and oxygen atoms in total. The summed E-state index contributed by atoms with van der Waals surface area (Å²) in [6.07, 6.45) is 1.86. The van der Waals surface area contributed by atoms with Crippen molar-refractivity contribution in [2.45, 2.75) is 18.9 Å². The number of carbonyl (C=O) groups is 2. The normalized spacial score (nSPS) is 20.5. The second-order valence-corrected chi connectivity index (χ2v) is 8.75. The van der Waals surface area contributed by atoms with Crippen LogP contribution >= 0.6 is 0 Å². The van der Waals surface area contributed by atoms with Crippen molar-refractivity contribution in [2.24, 2.45) is 0 Å². The van der Waals surface area contributed by atoms with Crippen LogP contribution in [0.1, 0.15) is 12.8 Å². The Balaban J connectivity index is 1.07. The monoisotopic (exact) mass is 450 g/mol. The number of piperazine rings is 1. The first kappa shape index (κ1) is 21.6. The zero-order valence-corrected chi connectivity index (χ0v) is 18.7. The molecule has 2 fully saturated rings. The van der Waals surface area contributed by atoms with Crippen LogP contribution in [0, 0.1) is 0 Å². The van der Waals surface area contributed by atoms with Gasteiger partial charge in [0.2, 0.25) is 12.0 Å². The lowest BCUT2D eigenvalue weighted by Crippen LogP contribution is -2.54. The highest BCUT2D eigenvalue weighted by molar-refractivity contribution is 5.92. The van der Waals surface area contributed by atoms with Crippen LogP contribution < -0.4 is 19.7 Å². The third-order valence-corrected chi connectivity index (χ3v) is 6.46. The van der Waals surface area contributed by atoms with Crippen LogP contribution in [0.5, 0.6) is 11.5 Å². The fourth-order valence-electron chi connectivity index (χ4n) is 4.61. The molecule has 2 amide bonds. The maximum atomic E-state index is 12.9. The number of nitrogens with one attached hydrogen (secondary N) is 1. The van der Waals surface area contributed by atoms with Crippen molar-refractivity contribution in [3.05, 3.63) is 48.5 Å². The zero-order chi connectivity index (χ0) is 22.6. The maximum Gasteiger partial charge on any atom is 0.267 e. The van der Waals surface area contributed by atoms with Crippen LogP contribution in [0.25, 0.3) is 0 Å². The van der Waals surface area contributed by atoms with Gasteiger partial charge in [0.05, 0.1) is 6.54 Å². The van der Waals surface area contributed by atoms with Gasteiger partial charge in [-0.1, -0.05) is 12.1 Å². The number of rotatable bonds is 5. The topological polar surface area (TPSA) is 74.4 Å². The summed E-state index contributed by atoms with van der Waals surface area (Å²) in [5.74, 6) is 1.17. The molecule has 33 heavy (non-hydrogen) atoms. The second-order valence-electron chi connectivity index (χ2n) is 8.75. The van der Waals surface area contributed by atoms with E-state index in [0.717, 1.165) is 18.8 Å². The van der Waals surface area contributed by atoms with Gasteiger partial charge in [0.1, 0.15) is 6.61 Å². The van der Waals surface area contributed by atoms with Gasteiger partial charge in [-0.3, -0.25) is 14.5 Å². The first-order valence-corrected chi connectivity index (χ1v) is 11.7. The third-order valence-electron chi connectivity index (χ3n) is 6.46. The third kappa shape index (κ3) is 5.06. The highest BCUT2D eigenvalue weighted by Crippen LogP contribution is 2.31. The average Bonchev–Trinajstić information content (AvgIpc) is 3.39. The Kier molecular flexibility index (Phi) is 6.35. The van der Waals surface area contributed by atoms with Crippen LogP contribution in [-0.4, -0.2) is 80.1 Å². The number of anilines is 2. The molecule has 5 rings (SSSR count). The van der Waals surface area contributed by atoms with Crippen LogP contribution in [0.3, 0.4) is 0 Å². The van der Waals surface area contributed by atoms with Crippen LogP contribution in [0.15, 0.2) is 48.5 Å². The Hall–Kier alpha value is -3.26.